The molecule has 0 N–H and O–H groups in total. The molecule has 6 heteroatoms. The molecule has 3 nitrogen and oxygen atoms in total. The molecule has 0 aliphatic heterocycles. The largest absolute Gasteiger partial charge is 0.252 e. The van der Waals surface area contributed by atoms with Gasteiger partial charge >= 0.3 is 0 Å². The van der Waals surface area contributed by atoms with E-state index in [0.717, 1.165) is 10.2 Å². The molecule has 0 saturated heterocycles. The Morgan fingerprint density at radius 3 is 2.69 bits per heavy atom. The zero-order valence-electron chi connectivity index (χ0n) is 9.02. The molecule has 0 saturated carbocycles. The van der Waals surface area contributed by atoms with E-state index < -0.39 is 10.0 Å². The molecule has 0 aliphatic rings. The molecule has 1 rings (SSSR count). The number of thiophene rings is 1. The highest BCUT2D eigenvalue weighted by molar-refractivity contribution is 9.11. The molecule has 0 aromatic carbocycles. The second-order valence-electron chi connectivity index (χ2n) is 3.21. The lowest BCUT2D eigenvalue weighted by Crippen LogP contribution is -2.31. The van der Waals surface area contributed by atoms with Gasteiger partial charge in [0.25, 0.3) is 10.0 Å². The Hall–Kier alpha value is -0.170. The van der Waals surface area contributed by atoms with E-state index in [-0.39, 0.29) is 0 Å². The van der Waals surface area contributed by atoms with Crippen LogP contribution in [0.4, 0.5) is 0 Å². The van der Waals surface area contributed by atoms with Crippen LogP contribution in [0.15, 0.2) is 32.8 Å². The van der Waals surface area contributed by atoms with Crippen LogP contribution in [0.25, 0.3) is 0 Å². The van der Waals surface area contributed by atoms with Crippen molar-refractivity contribution >= 4 is 37.3 Å². The Morgan fingerprint density at radius 1 is 1.56 bits per heavy atom. The van der Waals surface area contributed by atoms with E-state index in [1.54, 1.807) is 18.2 Å². The first-order valence-corrected chi connectivity index (χ1v) is 7.93. The summed E-state index contributed by atoms with van der Waals surface area (Å²) < 4.78 is 27.0. The molecule has 90 valence electrons. The van der Waals surface area contributed by atoms with Gasteiger partial charge in [0.1, 0.15) is 4.21 Å². The first-order chi connectivity index (χ1) is 7.52. The second-order valence-corrected chi connectivity index (χ2v) is 7.84. The van der Waals surface area contributed by atoms with Crippen LogP contribution in [0, 0.1) is 0 Å². The van der Waals surface area contributed by atoms with Crippen molar-refractivity contribution in [1.82, 2.24) is 4.31 Å². The molecular weight excluding hydrogens is 310 g/mol. The normalized spacial score (nSPS) is 11.9. The average molecular weight is 324 g/mol. The van der Waals surface area contributed by atoms with E-state index in [1.165, 1.54) is 15.6 Å². The molecule has 0 amide bonds. The fourth-order valence-corrected chi connectivity index (χ4v) is 4.93. The predicted octanol–water partition coefficient (Wildman–Crippen LogP) is 3.10. The van der Waals surface area contributed by atoms with Crippen molar-refractivity contribution in [2.75, 3.05) is 13.1 Å². The minimum atomic E-state index is -3.35. The Morgan fingerprint density at radius 2 is 2.25 bits per heavy atom. The monoisotopic (exact) mass is 323 g/mol. The topological polar surface area (TPSA) is 37.4 Å². The van der Waals surface area contributed by atoms with Gasteiger partial charge in [-0.3, -0.25) is 0 Å². The van der Waals surface area contributed by atoms with Crippen LogP contribution < -0.4 is 0 Å². The lowest BCUT2D eigenvalue weighted by atomic mass is 10.5. The molecule has 1 heterocycles. The minimum absolute atomic E-state index is 0.353. The van der Waals surface area contributed by atoms with E-state index in [4.69, 9.17) is 0 Å². The predicted molar refractivity (Wildman–Crippen MR) is 71.3 cm³/mol. The quantitative estimate of drug-likeness (QED) is 0.754. The van der Waals surface area contributed by atoms with Crippen molar-refractivity contribution in [2.24, 2.45) is 0 Å². The van der Waals surface area contributed by atoms with Crippen LogP contribution >= 0.6 is 27.3 Å². The number of halogens is 1. The number of hydrogen-bond donors (Lipinski definition) is 0. The van der Waals surface area contributed by atoms with E-state index in [1.807, 2.05) is 6.92 Å². The van der Waals surface area contributed by atoms with Crippen LogP contribution in [-0.2, 0) is 10.0 Å². The Bertz CT molecular complexity index is 453. The summed E-state index contributed by atoms with van der Waals surface area (Å²) in [5.41, 5.74) is 0. The molecule has 0 fully saturated rings. The van der Waals surface area contributed by atoms with Gasteiger partial charge in [-0.2, -0.15) is 4.31 Å². The van der Waals surface area contributed by atoms with E-state index >= 15 is 0 Å². The van der Waals surface area contributed by atoms with Crippen LogP contribution in [0.2, 0.25) is 0 Å². The van der Waals surface area contributed by atoms with E-state index in [0.29, 0.717) is 17.3 Å². The Kier molecular flexibility index (Phi) is 5.17. The van der Waals surface area contributed by atoms with Crippen molar-refractivity contribution in [2.45, 2.75) is 17.6 Å². The molecule has 16 heavy (non-hydrogen) atoms. The first kappa shape index (κ1) is 13.9. The van der Waals surface area contributed by atoms with Gasteiger partial charge in [-0.05, 0) is 34.5 Å². The smallest absolute Gasteiger partial charge is 0.206 e. The lowest BCUT2D eigenvalue weighted by Gasteiger charge is -2.18. The van der Waals surface area contributed by atoms with Gasteiger partial charge in [0.15, 0.2) is 0 Å². The zero-order valence-corrected chi connectivity index (χ0v) is 12.2. The zero-order chi connectivity index (χ0) is 12.2. The summed E-state index contributed by atoms with van der Waals surface area (Å²) >= 11 is 4.49. The highest BCUT2D eigenvalue weighted by atomic mass is 79.9. The van der Waals surface area contributed by atoms with Crippen LogP contribution in [0.1, 0.15) is 13.3 Å². The Labute approximate surface area is 109 Å². The van der Waals surface area contributed by atoms with Crippen molar-refractivity contribution in [3.05, 3.63) is 28.6 Å². The van der Waals surface area contributed by atoms with Crippen molar-refractivity contribution < 1.29 is 8.42 Å². The van der Waals surface area contributed by atoms with Crippen molar-refractivity contribution in [3.8, 4) is 0 Å². The second kappa shape index (κ2) is 5.95. The third-order valence-electron chi connectivity index (χ3n) is 1.95. The van der Waals surface area contributed by atoms with Crippen molar-refractivity contribution in [1.29, 1.82) is 0 Å². The molecule has 0 atom stereocenters. The number of rotatable bonds is 6. The summed E-state index contributed by atoms with van der Waals surface area (Å²) in [7, 11) is -3.35. The third kappa shape index (κ3) is 3.16. The number of hydrogen-bond acceptors (Lipinski definition) is 3. The summed E-state index contributed by atoms with van der Waals surface area (Å²) in [4.78, 5) is 0. The molecular formula is C10H14BrNO2S2. The molecule has 0 radical (unpaired) electrons. The molecule has 1 aromatic rings. The lowest BCUT2D eigenvalue weighted by molar-refractivity contribution is 0.443. The number of nitrogens with zero attached hydrogens (tertiary/aromatic N) is 1. The first-order valence-electron chi connectivity index (χ1n) is 4.88. The SMILES string of the molecule is C=CCN(CCC)S(=O)(=O)c1ccc(Br)s1. The van der Waals surface area contributed by atoms with Gasteiger partial charge < -0.3 is 0 Å². The summed E-state index contributed by atoms with van der Waals surface area (Å²) in [6.07, 6.45) is 2.40. The summed E-state index contributed by atoms with van der Waals surface area (Å²) in [5, 5.41) is 0. The maximum Gasteiger partial charge on any atom is 0.252 e. The molecule has 0 spiro atoms. The Balaban J connectivity index is 3.02. The van der Waals surface area contributed by atoms with E-state index in [2.05, 4.69) is 22.5 Å². The summed E-state index contributed by atoms with van der Waals surface area (Å²) in [6.45, 7) is 6.41. The van der Waals surface area contributed by atoms with Gasteiger partial charge in [0.2, 0.25) is 0 Å². The van der Waals surface area contributed by atoms with Crippen LogP contribution in [0.3, 0.4) is 0 Å². The summed E-state index contributed by atoms with van der Waals surface area (Å²) in [5.74, 6) is 0. The fraction of sp³-hybridized carbons (Fsp3) is 0.400. The number of sulfonamides is 1. The van der Waals surface area contributed by atoms with Crippen LogP contribution in [0.5, 0.6) is 0 Å². The average Bonchev–Trinajstić information content (AvgIpc) is 2.65. The van der Waals surface area contributed by atoms with Gasteiger partial charge in [-0.15, -0.1) is 17.9 Å². The maximum absolute atomic E-state index is 12.2. The highest BCUT2D eigenvalue weighted by Crippen LogP contribution is 2.28. The third-order valence-corrected chi connectivity index (χ3v) is 5.90. The van der Waals surface area contributed by atoms with Gasteiger partial charge in [0, 0.05) is 13.1 Å². The minimum Gasteiger partial charge on any atom is -0.206 e. The van der Waals surface area contributed by atoms with E-state index in [9.17, 15) is 8.42 Å². The molecule has 0 bridgehead atoms. The molecule has 0 aliphatic carbocycles. The highest BCUT2D eigenvalue weighted by Gasteiger charge is 2.24. The van der Waals surface area contributed by atoms with Gasteiger partial charge in [-0.1, -0.05) is 13.0 Å². The van der Waals surface area contributed by atoms with Gasteiger partial charge in [0.05, 0.1) is 3.79 Å². The van der Waals surface area contributed by atoms with Crippen molar-refractivity contribution in [3.63, 3.8) is 0 Å². The van der Waals surface area contributed by atoms with Gasteiger partial charge in [-0.25, -0.2) is 8.42 Å². The summed E-state index contributed by atoms with van der Waals surface area (Å²) in [6, 6.07) is 3.37. The maximum atomic E-state index is 12.2. The molecule has 0 unspecified atom stereocenters. The fourth-order valence-electron chi connectivity index (χ4n) is 1.27. The standard InChI is InChI=1S/C10H14BrNO2S2/c1-3-7-12(8-4-2)16(13,14)10-6-5-9(11)15-10/h3,5-6H,1,4,7-8H2,2H3. The molecule has 1 aromatic heterocycles. The van der Waals surface area contributed by atoms with Crippen LogP contribution in [-0.4, -0.2) is 25.8 Å².